The van der Waals surface area contributed by atoms with Crippen molar-refractivity contribution in [1.82, 2.24) is 10.2 Å². The molecule has 0 aromatic carbocycles. The van der Waals surface area contributed by atoms with Crippen molar-refractivity contribution in [3.8, 4) is 0 Å². The first-order valence-electron chi connectivity index (χ1n) is 5.58. The van der Waals surface area contributed by atoms with Crippen LogP contribution in [0.15, 0.2) is 0 Å². The lowest BCUT2D eigenvalue weighted by atomic mass is 10.2. The maximum absolute atomic E-state index is 11.3. The van der Waals surface area contributed by atoms with Gasteiger partial charge in [-0.1, -0.05) is 0 Å². The Balaban J connectivity index is 3.47. The predicted octanol–water partition coefficient (Wildman–Crippen LogP) is 0.604. The van der Waals surface area contributed by atoms with Crippen LogP contribution in [0, 0.1) is 0 Å². The van der Waals surface area contributed by atoms with E-state index in [1.165, 1.54) is 0 Å². The van der Waals surface area contributed by atoms with Crippen molar-refractivity contribution < 1.29 is 9.90 Å². The molecule has 1 unspecified atom stereocenters. The number of carbonyl (C=O) groups excluding carboxylic acids is 1. The lowest BCUT2D eigenvalue weighted by Gasteiger charge is -2.20. The van der Waals surface area contributed by atoms with Gasteiger partial charge in [-0.05, 0) is 34.2 Å². The third-order valence-electron chi connectivity index (χ3n) is 2.46. The van der Waals surface area contributed by atoms with Gasteiger partial charge in [0.1, 0.15) is 0 Å². The van der Waals surface area contributed by atoms with E-state index in [0.717, 1.165) is 6.54 Å². The van der Waals surface area contributed by atoms with Gasteiger partial charge in [0.25, 0.3) is 0 Å². The number of rotatable bonds is 7. The van der Waals surface area contributed by atoms with Crippen LogP contribution in [0.5, 0.6) is 0 Å². The molecule has 0 bridgehead atoms. The van der Waals surface area contributed by atoms with E-state index in [2.05, 4.69) is 24.1 Å². The first kappa shape index (κ1) is 14.4. The van der Waals surface area contributed by atoms with E-state index in [0.29, 0.717) is 25.4 Å². The van der Waals surface area contributed by atoms with Gasteiger partial charge < -0.3 is 15.3 Å². The Kier molecular flexibility index (Phi) is 7.34. The van der Waals surface area contributed by atoms with Gasteiger partial charge in [0.05, 0.1) is 6.10 Å². The average molecular weight is 216 g/mol. The first-order chi connectivity index (χ1) is 6.93. The molecule has 0 aromatic rings. The van der Waals surface area contributed by atoms with Crippen LogP contribution in [-0.2, 0) is 4.79 Å². The molecule has 1 atom stereocenters. The minimum atomic E-state index is -0.394. The molecule has 90 valence electrons. The molecule has 0 heterocycles. The Bertz CT molecular complexity index is 181. The van der Waals surface area contributed by atoms with Crippen LogP contribution in [-0.4, -0.2) is 48.2 Å². The number of nitrogens with zero attached hydrogens (tertiary/aromatic N) is 1. The van der Waals surface area contributed by atoms with Crippen LogP contribution < -0.4 is 5.32 Å². The minimum absolute atomic E-state index is 0.0213. The van der Waals surface area contributed by atoms with Gasteiger partial charge in [0.2, 0.25) is 5.91 Å². The summed E-state index contributed by atoms with van der Waals surface area (Å²) < 4.78 is 0. The molecule has 4 nitrogen and oxygen atoms in total. The van der Waals surface area contributed by atoms with Crippen LogP contribution in [0.2, 0.25) is 0 Å². The van der Waals surface area contributed by atoms with Crippen LogP contribution in [0.25, 0.3) is 0 Å². The molecule has 0 saturated heterocycles. The molecule has 4 heteroatoms. The summed E-state index contributed by atoms with van der Waals surface area (Å²) in [6.07, 6.45) is 0.545. The van der Waals surface area contributed by atoms with Gasteiger partial charge in [-0.3, -0.25) is 4.79 Å². The zero-order chi connectivity index (χ0) is 11.8. The summed E-state index contributed by atoms with van der Waals surface area (Å²) >= 11 is 0. The number of amides is 1. The summed E-state index contributed by atoms with van der Waals surface area (Å²) in [7, 11) is 2.03. The SMILES string of the molecule is CC(O)CCC(=O)NCCN(C)C(C)C. The maximum atomic E-state index is 11.3. The van der Waals surface area contributed by atoms with E-state index in [4.69, 9.17) is 5.11 Å². The summed E-state index contributed by atoms with van der Waals surface area (Å²) in [5.41, 5.74) is 0. The molecule has 0 spiro atoms. The van der Waals surface area contributed by atoms with E-state index in [9.17, 15) is 4.79 Å². The summed E-state index contributed by atoms with van der Waals surface area (Å²) in [6, 6.07) is 0.499. The van der Waals surface area contributed by atoms with Crippen LogP contribution in [0.1, 0.15) is 33.6 Å². The fourth-order valence-electron chi connectivity index (χ4n) is 1.06. The Morgan fingerprint density at radius 1 is 1.40 bits per heavy atom. The highest BCUT2D eigenvalue weighted by atomic mass is 16.3. The fraction of sp³-hybridized carbons (Fsp3) is 0.909. The Labute approximate surface area is 92.7 Å². The summed E-state index contributed by atoms with van der Waals surface area (Å²) in [6.45, 7) is 7.47. The second kappa shape index (κ2) is 7.65. The molecular formula is C11H24N2O2. The van der Waals surface area contributed by atoms with Gasteiger partial charge >= 0.3 is 0 Å². The Morgan fingerprint density at radius 3 is 2.47 bits per heavy atom. The Morgan fingerprint density at radius 2 is 2.00 bits per heavy atom. The van der Waals surface area contributed by atoms with Gasteiger partial charge in [-0.25, -0.2) is 0 Å². The van der Waals surface area contributed by atoms with E-state index < -0.39 is 6.10 Å². The highest BCUT2D eigenvalue weighted by Gasteiger charge is 2.05. The molecule has 0 fully saturated rings. The average Bonchev–Trinajstić information content (AvgIpc) is 2.14. The molecule has 0 aliphatic heterocycles. The predicted molar refractivity (Wildman–Crippen MR) is 61.7 cm³/mol. The molecule has 0 rings (SSSR count). The fourth-order valence-corrected chi connectivity index (χ4v) is 1.06. The molecule has 2 N–H and O–H groups in total. The molecule has 15 heavy (non-hydrogen) atoms. The number of aliphatic hydroxyl groups excluding tert-OH is 1. The normalized spacial score (nSPS) is 13.3. The second-order valence-electron chi connectivity index (χ2n) is 4.31. The number of carbonyl (C=O) groups is 1. The quantitative estimate of drug-likeness (QED) is 0.655. The number of nitrogens with one attached hydrogen (secondary N) is 1. The highest BCUT2D eigenvalue weighted by molar-refractivity contribution is 5.75. The lowest BCUT2D eigenvalue weighted by Crippen LogP contribution is -2.36. The molecule has 1 amide bonds. The minimum Gasteiger partial charge on any atom is -0.393 e. The van der Waals surface area contributed by atoms with Crippen LogP contribution >= 0.6 is 0 Å². The number of hydrogen-bond donors (Lipinski definition) is 2. The van der Waals surface area contributed by atoms with Crippen LogP contribution in [0.3, 0.4) is 0 Å². The van der Waals surface area contributed by atoms with Crippen molar-refractivity contribution in [2.75, 3.05) is 20.1 Å². The molecule has 0 saturated carbocycles. The highest BCUT2D eigenvalue weighted by Crippen LogP contribution is 1.95. The maximum Gasteiger partial charge on any atom is 0.220 e. The molecular weight excluding hydrogens is 192 g/mol. The van der Waals surface area contributed by atoms with Gasteiger partial charge in [-0.15, -0.1) is 0 Å². The number of likely N-dealkylation sites (N-methyl/N-ethyl adjacent to an activating group) is 1. The molecule has 0 aliphatic rings. The van der Waals surface area contributed by atoms with Crippen molar-refractivity contribution in [3.05, 3.63) is 0 Å². The third-order valence-corrected chi connectivity index (χ3v) is 2.46. The van der Waals surface area contributed by atoms with E-state index in [1.807, 2.05) is 7.05 Å². The first-order valence-corrected chi connectivity index (χ1v) is 5.58. The van der Waals surface area contributed by atoms with Crippen molar-refractivity contribution in [2.45, 2.75) is 45.8 Å². The molecule has 0 aromatic heterocycles. The second-order valence-corrected chi connectivity index (χ2v) is 4.31. The van der Waals surface area contributed by atoms with Crippen LogP contribution in [0.4, 0.5) is 0 Å². The smallest absolute Gasteiger partial charge is 0.220 e. The van der Waals surface area contributed by atoms with Crippen molar-refractivity contribution in [2.24, 2.45) is 0 Å². The summed E-state index contributed by atoms with van der Waals surface area (Å²) in [5.74, 6) is 0.0213. The van der Waals surface area contributed by atoms with Crippen molar-refractivity contribution >= 4 is 5.91 Å². The van der Waals surface area contributed by atoms with Gasteiger partial charge in [0.15, 0.2) is 0 Å². The lowest BCUT2D eigenvalue weighted by molar-refractivity contribution is -0.121. The third kappa shape index (κ3) is 8.39. The topological polar surface area (TPSA) is 52.6 Å². The number of aliphatic hydroxyl groups is 1. The van der Waals surface area contributed by atoms with Gasteiger partial charge in [-0.2, -0.15) is 0 Å². The number of hydrogen-bond acceptors (Lipinski definition) is 3. The van der Waals surface area contributed by atoms with Crippen molar-refractivity contribution in [1.29, 1.82) is 0 Å². The summed E-state index contributed by atoms with van der Waals surface area (Å²) in [5, 5.41) is 11.8. The zero-order valence-corrected chi connectivity index (χ0v) is 10.3. The standard InChI is InChI=1S/C11H24N2O2/c1-9(2)13(4)8-7-12-11(15)6-5-10(3)14/h9-10,14H,5-8H2,1-4H3,(H,12,15). The molecule has 0 aliphatic carbocycles. The zero-order valence-electron chi connectivity index (χ0n) is 10.3. The monoisotopic (exact) mass is 216 g/mol. The summed E-state index contributed by atoms with van der Waals surface area (Å²) in [4.78, 5) is 13.4. The van der Waals surface area contributed by atoms with E-state index in [-0.39, 0.29) is 5.91 Å². The largest absolute Gasteiger partial charge is 0.393 e. The molecule has 0 radical (unpaired) electrons. The van der Waals surface area contributed by atoms with E-state index in [1.54, 1.807) is 6.92 Å². The van der Waals surface area contributed by atoms with E-state index >= 15 is 0 Å². The van der Waals surface area contributed by atoms with Crippen molar-refractivity contribution in [3.63, 3.8) is 0 Å². The Hall–Kier alpha value is -0.610. The van der Waals surface area contributed by atoms with Gasteiger partial charge in [0, 0.05) is 25.6 Å².